The van der Waals surface area contributed by atoms with Gasteiger partial charge in [0.15, 0.2) is 6.10 Å². The van der Waals surface area contributed by atoms with Crippen LogP contribution in [-0.2, 0) is 4.79 Å². The Balaban J connectivity index is 1.63. The molecule has 0 spiro atoms. The van der Waals surface area contributed by atoms with E-state index in [4.69, 9.17) is 16.3 Å². The Morgan fingerprint density at radius 3 is 2.62 bits per heavy atom. The number of nitrogens with zero attached hydrogens (tertiary/aromatic N) is 4. The third-order valence-electron chi connectivity index (χ3n) is 3.26. The van der Waals surface area contributed by atoms with Crippen LogP contribution in [0.4, 0.5) is 5.69 Å². The summed E-state index contributed by atoms with van der Waals surface area (Å²) in [5, 5.41) is 14.2. The van der Waals surface area contributed by atoms with Gasteiger partial charge in [0.2, 0.25) is 0 Å². The molecule has 3 rings (SSSR count). The lowest BCUT2D eigenvalue weighted by Gasteiger charge is -2.15. The van der Waals surface area contributed by atoms with E-state index in [0.717, 1.165) is 5.69 Å². The number of tetrazole rings is 1. The second-order valence-electron chi connectivity index (χ2n) is 4.98. The monoisotopic (exact) mass is 343 g/mol. The highest BCUT2D eigenvalue weighted by Gasteiger charge is 2.16. The molecular formula is C16H14ClN5O2. The number of anilines is 1. The van der Waals surface area contributed by atoms with Crippen molar-refractivity contribution in [2.24, 2.45) is 0 Å². The van der Waals surface area contributed by atoms with E-state index in [1.54, 1.807) is 55.5 Å². The van der Waals surface area contributed by atoms with Crippen LogP contribution >= 0.6 is 11.6 Å². The minimum absolute atomic E-state index is 0.273. The van der Waals surface area contributed by atoms with E-state index in [2.05, 4.69) is 20.8 Å². The molecule has 122 valence electrons. The summed E-state index contributed by atoms with van der Waals surface area (Å²) in [6.45, 7) is 1.66. The number of nitrogens with one attached hydrogen (secondary N) is 1. The van der Waals surface area contributed by atoms with Crippen LogP contribution in [0.25, 0.3) is 5.69 Å². The van der Waals surface area contributed by atoms with Gasteiger partial charge >= 0.3 is 0 Å². The molecule has 2 aromatic carbocycles. The number of ether oxygens (including phenoxy) is 1. The molecule has 1 amide bonds. The average Bonchev–Trinajstić information content (AvgIpc) is 3.12. The first kappa shape index (κ1) is 15.9. The van der Waals surface area contributed by atoms with Crippen LogP contribution in [0.3, 0.4) is 0 Å². The summed E-state index contributed by atoms with van der Waals surface area (Å²) in [7, 11) is 0. The lowest BCUT2D eigenvalue weighted by Crippen LogP contribution is -2.30. The van der Waals surface area contributed by atoms with Crippen molar-refractivity contribution in [2.75, 3.05) is 5.32 Å². The lowest BCUT2D eigenvalue weighted by atomic mass is 10.2. The molecule has 1 unspecified atom stereocenters. The molecule has 3 aromatic rings. The number of benzene rings is 2. The molecule has 24 heavy (non-hydrogen) atoms. The van der Waals surface area contributed by atoms with Crippen molar-refractivity contribution in [1.82, 2.24) is 20.2 Å². The predicted octanol–water partition coefficient (Wildman–Crippen LogP) is 2.72. The van der Waals surface area contributed by atoms with Crippen molar-refractivity contribution < 1.29 is 9.53 Å². The summed E-state index contributed by atoms with van der Waals surface area (Å²) < 4.78 is 7.11. The van der Waals surface area contributed by atoms with Gasteiger partial charge in [0, 0.05) is 5.69 Å². The number of rotatable bonds is 5. The Morgan fingerprint density at radius 1 is 1.21 bits per heavy atom. The van der Waals surface area contributed by atoms with Crippen LogP contribution < -0.4 is 10.1 Å². The van der Waals surface area contributed by atoms with E-state index in [9.17, 15) is 4.79 Å². The number of aromatic nitrogens is 4. The summed E-state index contributed by atoms with van der Waals surface area (Å²) in [6.07, 6.45) is 0.803. The topological polar surface area (TPSA) is 81.9 Å². The number of carbonyl (C=O) groups excluding carboxylic acids is 1. The van der Waals surface area contributed by atoms with E-state index < -0.39 is 6.10 Å². The Bertz CT molecular complexity index is 821. The minimum Gasteiger partial charge on any atom is -0.479 e. The van der Waals surface area contributed by atoms with Gasteiger partial charge < -0.3 is 10.1 Å². The predicted molar refractivity (Wildman–Crippen MR) is 89.3 cm³/mol. The number of carbonyl (C=O) groups is 1. The molecule has 0 saturated carbocycles. The Kier molecular flexibility index (Phi) is 4.72. The standard InChI is InChI=1S/C16H14ClN5O2/c1-11(24-15-5-3-2-4-14(15)17)16(23)19-12-6-8-13(9-7-12)22-10-18-20-21-22/h2-11H,1H3,(H,19,23). The highest BCUT2D eigenvalue weighted by molar-refractivity contribution is 6.32. The van der Waals surface area contributed by atoms with E-state index >= 15 is 0 Å². The van der Waals surface area contributed by atoms with Crippen molar-refractivity contribution in [1.29, 1.82) is 0 Å². The van der Waals surface area contributed by atoms with Crippen molar-refractivity contribution in [3.05, 3.63) is 59.9 Å². The van der Waals surface area contributed by atoms with E-state index in [0.29, 0.717) is 16.5 Å². The average molecular weight is 344 g/mol. The fraction of sp³-hybridized carbons (Fsp3) is 0.125. The van der Waals surface area contributed by atoms with Crippen LogP contribution in [0, 0.1) is 0 Å². The van der Waals surface area contributed by atoms with Crippen molar-refractivity contribution in [3.63, 3.8) is 0 Å². The zero-order chi connectivity index (χ0) is 16.9. The third-order valence-corrected chi connectivity index (χ3v) is 3.57. The summed E-state index contributed by atoms with van der Waals surface area (Å²) >= 11 is 6.02. The molecule has 0 aliphatic rings. The Hall–Kier alpha value is -2.93. The number of para-hydroxylation sites is 1. The first-order chi connectivity index (χ1) is 11.6. The van der Waals surface area contributed by atoms with Gasteiger partial charge in [-0.05, 0) is 53.7 Å². The van der Waals surface area contributed by atoms with Gasteiger partial charge in [0.1, 0.15) is 12.1 Å². The Labute approximate surface area is 143 Å². The van der Waals surface area contributed by atoms with E-state index in [-0.39, 0.29) is 5.91 Å². The first-order valence-electron chi connectivity index (χ1n) is 7.19. The van der Waals surface area contributed by atoms with Crippen LogP contribution in [0.15, 0.2) is 54.9 Å². The van der Waals surface area contributed by atoms with E-state index in [1.807, 2.05) is 0 Å². The van der Waals surface area contributed by atoms with Crippen LogP contribution in [0.5, 0.6) is 5.75 Å². The SMILES string of the molecule is CC(Oc1ccccc1Cl)C(=O)Nc1ccc(-n2cnnn2)cc1. The summed E-state index contributed by atoms with van der Waals surface area (Å²) in [5.41, 5.74) is 1.43. The van der Waals surface area contributed by atoms with Gasteiger partial charge in [-0.15, -0.1) is 5.10 Å². The summed E-state index contributed by atoms with van der Waals surface area (Å²) in [6, 6.07) is 14.1. The van der Waals surface area contributed by atoms with Gasteiger partial charge in [0.05, 0.1) is 10.7 Å². The zero-order valence-electron chi connectivity index (χ0n) is 12.8. The second-order valence-corrected chi connectivity index (χ2v) is 5.39. The largest absolute Gasteiger partial charge is 0.479 e. The molecule has 1 N–H and O–H groups in total. The zero-order valence-corrected chi connectivity index (χ0v) is 13.5. The normalized spacial score (nSPS) is 11.8. The molecule has 0 saturated heterocycles. The van der Waals surface area contributed by atoms with Crippen molar-refractivity contribution in [2.45, 2.75) is 13.0 Å². The number of halogens is 1. The maximum absolute atomic E-state index is 12.2. The summed E-state index contributed by atoms with van der Waals surface area (Å²) in [4.78, 5) is 12.2. The highest BCUT2D eigenvalue weighted by Crippen LogP contribution is 2.24. The van der Waals surface area contributed by atoms with Crippen molar-refractivity contribution >= 4 is 23.2 Å². The van der Waals surface area contributed by atoms with E-state index in [1.165, 1.54) is 11.0 Å². The molecule has 1 heterocycles. The molecule has 0 aliphatic heterocycles. The molecule has 1 atom stereocenters. The van der Waals surface area contributed by atoms with Gasteiger partial charge in [-0.25, -0.2) is 4.68 Å². The molecule has 0 radical (unpaired) electrons. The third kappa shape index (κ3) is 3.69. The molecule has 1 aromatic heterocycles. The summed E-state index contributed by atoms with van der Waals surface area (Å²) in [5.74, 6) is 0.195. The number of amides is 1. The van der Waals surface area contributed by atoms with Crippen LogP contribution in [-0.4, -0.2) is 32.2 Å². The molecule has 0 aliphatic carbocycles. The van der Waals surface area contributed by atoms with Gasteiger partial charge in [-0.1, -0.05) is 23.7 Å². The van der Waals surface area contributed by atoms with Crippen LogP contribution in [0.2, 0.25) is 5.02 Å². The minimum atomic E-state index is -0.691. The number of hydrogen-bond acceptors (Lipinski definition) is 5. The second kappa shape index (κ2) is 7.10. The smallest absolute Gasteiger partial charge is 0.265 e. The first-order valence-corrected chi connectivity index (χ1v) is 7.57. The maximum Gasteiger partial charge on any atom is 0.265 e. The van der Waals surface area contributed by atoms with Crippen molar-refractivity contribution in [3.8, 4) is 11.4 Å². The molecule has 7 nitrogen and oxygen atoms in total. The highest BCUT2D eigenvalue weighted by atomic mass is 35.5. The molecule has 8 heteroatoms. The van der Waals surface area contributed by atoms with Gasteiger partial charge in [-0.3, -0.25) is 4.79 Å². The van der Waals surface area contributed by atoms with Gasteiger partial charge in [-0.2, -0.15) is 0 Å². The molecular weight excluding hydrogens is 330 g/mol. The lowest BCUT2D eigenvalue weighted by molar-refractivity contribution is -0.122. The van der Waals surface area contributed by atoms with Gasteiger partial charge in [0.25, 0.3) is 5.91 Å². The molecule has 0 fully saturated rings. The quantitative estimate of drug-likeness (QED) is 0.770. The fourth-order valence-corrected chi connectivity index (χ4v) is 2.19. The molecule has 0 bridgehead atoms. The number of hydrogen-bond donors (Lipinski definition) is 1. The fourth-order valence-electron chi connectivity index (χ4n) is 2.01. The Morgan fingerprint density at radius 2 is 1.96 bits per heavy atom. The maximum atomic E-state index is 12.2. The van der Waals surface area contributed by atoms with Crippen LogP contribution in [0.1, 0.15) is 6.92 Å².